The van der Waals surface area contributed by atoms with Gasteiger partial charge in [-0.3, -0.25) is 0 Å². The average molecular weight is 437 g/mol. The minimum Gasteiger partial charge on any atom is -0.168 e. The molecule has 24 heavy (non-hydrogen) atoms. The molecule has 0 fully saturated rings. The van der Waals surface area contributed by atoms with Crippen molar-refractivity contribution in [1.29, 1.82) is 0 Å². The number of halogens is 2. The number of fused-ring (bicyclic) bond motifs is 2. The monoisotopic (exact) mass is 434 g/mol. The average Bonchev–Trinajstić information content (AvgIpc) is 3.26. The molecular weight excluding hydrogens is 414 g/mol. The Hall–Kier alpha value is -0.877. The second-order valence-electron chi connectivity index (χ2n) is 5.09. The van der Waals surface area contributed by atoms with Crippen molar-refractivity contribution in [2.75, 3.05) is 0 Å². The van der Waals surface area contributed by atoms with Crippen LogP contribution in [0, 0.1) is 0 Å². The van der Waals surface area contributed by atoms with Crippen molar-refractivity contribution in [3.8, 4) is 0 Å². The van der Waals surface area contributed by atoms with Crippen LogP contribution in [0.3, 0.4) is 0 Å². The molecule has 0 saturated heterocycles. The van der Waals surface area contributed by atoms with E-state index in [4.69, 9.17) is 17.0 Å². The first-order valence-corrected chi connectivity index (χ1v) is 14.3. The second kappa shape index (κ2) is 13.4. The van der Waals surface area contributed by atoms with Crippen molar-refractivity contribution < 1.29 is 20.8 Å². The molecule has 4 rings (SSSR count). The maximum Gasteiger partial charge on any atom is -0.0809 e. The molecule has 0 aliphatic heterocycles. The fourth-order valence-corrected chi connectivity index (χ4v) is 2.14. The second-order valence-corrected chi connectivity index (χ2v) is 8.82. The Morgan fingerprint density at radius 2 is 1.04 bits per heavy atom. The predicted octanol–water partition coefficient (Wildman–Crippen LogP) is 7.91. The van der Waals surface area contributed by atoms with E-state index in [1.165, 1.54) is 28.0 Å². The van der Waals surface area contributed by atoms with Crippen molar-refractivity contribution in [2.45, 2.75) is 20.3 Å². The topological polar surface area (TPSA) is 0 Å². The summed E-state index contributed by atoms with van der Waals surface area (Å²) in [5, 5.41) is 5.32. The first-order valence-electron chi connectivity index (χ1n) is 7.93. The van der Waals surface area contributed by atoms with Crippen LogP contribution >= 0.6 is 17.0 Å². The van der Waals surface area contributed by atoms with Crippen molar-refractivity contribution >= 4 is 38.6 Å². The third kappa shape index (κ3) is 7.80. The Bertz CT molecular complexity index is 658. The summed E-state index contributed by atoms with van der Waals surface area (Å²) >= 11 is -0.826. The fourth-order valence-electron chi connectivity index (χ4n) is 2.14. The van der Waals surface area contributed by atoms with Gasteiger partial charge < -0.3 is 0 Å². The van der Waals surface area contributed by atoms with Crippen LogP contribution in [0.4, 0.5) is 0 Å². The molecule has 3 heteroatoms. The van der Waals surface area contributed by atoms with E-state index in [-0.39, 0.29) is 0 Å². The molecule has 4 aromatic rings. The molecule has 0 unspecified atom stereocenters. The molecule has 0 spiro atoms. The minimum absolute atomic E-state index is 0.826. The maximum atomic E-state index is 4.93. The van der Waals surface area contributed by atoms with Gasteiger partial charge in [-0.2, -0.15) is 35.0 Å². The summed E-state index contributed by atoms with van der Waals surface area (Å²) in [6.45, 7) is 4.25. The summed E-state index contributed by atoms with van der Waals surface area (Å²) in [4.78, 5) is 0. The Kier molecular flexibility index (Phi) is 11.8. The predicted molar refractivity (Wildman–Crippen MR) is 107 cm³/mol. The van der Waals surface area contributed by atoms with Crippen LogP contribution < -0.4 is 0 Å². The van der Waals surface area contributed by atoms with Crippen molar-refractivity contribution in [3.05, 3.63) is 84.9 Å². The molecule has 0 amide bonds. The fraction of sp³-hybridized carbons (Fsp3) is 0.143. The van der Waals surface area contributed by atoms with Gasteiger partial charge in [-0.05, 0) is 0 Å². The van der Waals surface area contributed by atoms with E-state index in [0.29, 0.717) is 0 Å². The number of benzene rings is 2. The zero-order valence-electron chi connectivity index (χ0n) is 14.0. The van der Waals surface area contributed by atoms with Crippen LogP contribution in [-0.4, -0.2) is 0 Å². The Morgan fingerprint density at radius 3 is 1.38 bits per heavy atom. The van der Waals surface area contributed by atoms with E-state index in [1.54, 1.807) is 0 Å². The van der Waals surface area contributed by atoms with Gasteiger partial charge in [0.2, 0.25) is 0 Å². The van der Waals surface area contributed by atoms with E-state index in [9.17, 15) is 0 Å². The SMILES string of the molecule is CCC.[Cl][Zr+2][Cl].c1ccc2[cH-]ccc2c1.c1ccc2[cH-]ccc2c1. The van der Waals surface area contributed by atoms with Crippen LogP contribution in [0.1, 0.15) is 20.3 Å². The summed E-state index contributed by atoms with van der Waals surface area (Å²) in [5.41, 5.74) is 0. The van der Waals surface area contributed by atoms with E-state index >= 15 is 0 Å². The molecular formula is C21H22Cl2Zr. The molecule has 0 aliphatic carbocycles. The van der Waals surface area contributed by atoms with E-state index in [0.717, 1.165) is 0 Å². The van der Waals surface area contributed by atoms with Crippen LogP contribution in [0.2, 0.25) is 0 Å². The smallest absolute Gasteiger partial charge is 0.0809 e. The van der Waals surface area contributed by atoms with Gasteiger partial charge in [0.05, 0.1) is 0 Å². The number of rotatable bonds is 0. The largest absolute Gasteiger partial charge is 0.168 e. The van der Waals surface area contributed by atoms with Gasteiger partial charge in [-0.25, -0.2) is 0 Å². The number of hydrogen-bond donors (Lipinski definition) is 0. The van der Waals surface area contributed by atoms with Gasteiger partial charge in [0.25, 0.3) is 0 Å². The standard InChI is InChI=1S/2C9H7.C3H8.2ClH.Zr/c2*1-2-5-9-7-3-6-8(9)4-1;1-3-2;;;/h2*1-7H;3H2,1-2H3;2*1H;/q2*-1;;;;+4/p-2. The van der Waals surface area contributed by atoms with Crippen LogP contribution in [-0.2, 0) is 20.8 Å². The molecule has 0 saturated carbocycles. The molecule has 4 aromatic carbocycles. The number of hydrogen-bond acceptors (Lipinski definition) is 0. The van der Waals surface area contributed by atoms with Gasteiger partial charge in [0.1, 0.15) is 0 Å². The van der Waals surface area contributed by atoms with Gasteiger partial charge in [-0.15, -0.1) is 59.3 Å². The van der Waals surface area contributed by atoms with E-state index < -0.39 is 20.8 Å². The maximum absolute atomic E-state index is 4.93. The van der Waals surface area contributed by atoms with Gasteiger partial charge in [0.15, 0.2) is 0 Å². The van der Waals surface area contributed by atoms with E-state index in [1.807, 2.05) is 0 Å². The molecule has 0 bridgehead atoms. The van der Waals surface area contributed by atoms with Crippen molar-refractivity contribution in [1.82, 2.24) is 0 Å². The van der Waals surface area contributed by atoms with Gasteiger partial charge >= 0.3 is 37.9 Å². The third-order valence-corrected chi connectivity index (χ3v) is 3.10. The zero-order valence-corrected chi connectivity index (χ0v) is 18.0. The van der Waals surface area contributed by atoms with Crippen LogP contribution in [0.25, 0.3) is 21.5 Å². The Labute approximate surface area is 163 Å². The first-order chi connectivity index (χ1) is 11.8. The summed E-state index contributed by atoms with van der Waals surface area (Å²) in [7, 11) is 9.87. The third-order valence-electron chi connectivity index (χ3n) is 3.10. The summed E-state index contributed by atoms with van der Waals surface area (Å²) in [5.74, 6) is 0. The van der Waals surface area contributed by atoms with Gasteiger partial charge in [-0.1, -0.05) is 32.4 Å². The quantitative estimate of drug-likeness (QED) is 0.246. The van der Waals surface area contributed by atoms with Crippen LogP contribution in [0.5, 0.6) is 0 Å². The Balaban J connectivity index is 0.000000183. The van der Waals surface area contributed by atoms with Crippen molar-refractivity contribution in [3.63, 3.8) is 0 Å². The van der Waals surface area contributed by atoms with E-state index in [2.05, 4.69) is 98.8 Å². The Morgan fingerprint density at radius 1 is 0.708 bits per heavy atom. The molecule has 0 atom stereocenters. The summed E-state index contributed by atoms with van der Waals surface area (Å²) in [6.07, 6.45) is 1.25. The molecule has 124 valence electrons. The normalized spacial score (nSPS) is 8.83. The molecule has 0 radical (unpaired) electrons. The summed E-state index contributed by atoms with van der Waals surface area (Å²) < 4.78 is 0. The zero-order chi connectivity index (χ0) is 17.6. The molecule has 0 aromatic heterocycles. The van der Waals surface area contributed by atoms with Crippen molar-refractivity contribution in [2.24, 2.45) is 0 Å². The minimum atomic E-state index is -0.826. The molecule has 0 N–H and O–H groups in total. The summed E-state index contributed by atoms with van der Waals surface area (Å²) in [6, 6.07) is 29.3. The van der Waals surface area contributed by atoms with Gasteiger partial charge in [0, 0.05) is 0 Å². The van der Waals surface area contributed by atoms with Crippen LogP contribution in [0.15, 0.2) is 84.9 Å². The first kappa shape index (κ1) is 21.2. The molecule has 0 nitrogen and oxygen atoms in total. The molecule has 0 aliphatic rings. The molecule has 0 heterocycles.